The molecule has 0 spiro atoms. The van der Waals surface area contributed by atoms with Gasteiger partial charge in [-0.1, -0.05) is 13.8 Å². The van der Waals surface area contributed by atoms with Crippen LogP contribution in [0.2, 0.25) is 0 Å². The quantitative estimate of drug-likeness (QED) is 0.685. The molecule has 1 saturated heterocycles. The van der Waals surface area contributed by atoms with Gasteiger partial charge in [-0.05, 0) is 92.3 Å². The van der Waals surface area contributed by atoms with E-state index in [1.807, 2.05) is 0 Å². The van der Waals surface area contributed by atoms with E-state index in [1.165, 1.54) is 6.42 Å². The van der Waals surface area contributed by atoms with Crippen LogP contribution < -0.4 is 0 Å². The van der Waals surface area contributed by atoms with Crippen LogP contribution in [0.15, 0.2) is 0 Å². The van der Waals surface area contributed by atoms with Crippen LogP contribution in [0, 0.1) is 40.4 Å². The summed E-state index contributed by atoms with van der Waals surface area (Å²) in [7, 11) is 0. The molecule has 0 aromatic rings. The fraction of sp³-hybridized carbons (Fsp3) is 0.957. The number of hydrogen-bond acceptors (Lipinski definition) is 4. The number of fused-ring (bicyclic) bond motifs is 5. The first kappa shape index (κ1) is 18.4. The molecule has 5 fully saturated rings. The predicted molar refractivity (Wildman–Crippen MR) is 102 cm³/mol. The van der Waals surface area contributed by atoms with Crippen LogP contribution in [0.5, 0.6) is 0 Å². The average Bonchev–Trinajstić information content (AvgIpc) is 3.16. The smallest absolute Gasteiger partial charge is 0.306 e. The van der Waals surface area contributed by atoms with Gasteiger partial charge in [0.1, 0.15) is 0 Å². The second-order valence-corrected chi connectivity index (χ2v) is 11.1. The zero-order valence-electron chi connectivity index (χ0n) is 17.0. The molecule has 2 N–H and O–H groups in total. The Hall–Kier alpha value is -0.610. The highest BCUT2D eigenvalue weighted by Crippen LogP contribution is 2.70. The Labute approximate surface area is 163 Å². The molecule has 1 heterocycles. The molecular formula is C23H36O4. The number of aliphatic hydroxyl groups is 2. The maximum absolute atomic E-state index is 12.1. The van der Waals surface area contributed by atoms with Gasteiger partial charge < -0.3 is 14.9 Å². The third kappa shape index (κ3) is 2.38. The standard InChI is InChI=1S/C23H36O4/c1-21-8-5-16(24)12-15(21)3-4-19-18(21)6-9-22(2)17(7-10-23(19,22)26)14-11-20(25)27-13-14/h14-19,24,26H,3-13H2,1-2H3/t14-,15+,16-,17+,18-,19+,21-,22+,23-/m0/s1. The van der Waals surface area contributed by atoms with Crippen molar-refractivity contribution in [3.05, 3.63) is 0 Å². The van der Waals surface area contributed by atoms with E-state index in [2.05, 4.69) is 13.8 Å². The van der Waals surface area contributed by atoms with Gasteiger partial charge in [0.25, 0.3) is 0 Å². The fourth-order valence-electron chi connectivity index (χ4n) is 8.79. The summed E-state index contributed by atoms with van der Waals surface area (Å²) in [6.45, 7) is 5.34. The third-order valence-electron chi connectivity index (χ3n) is 10.4. The highest BCUT2D eigenvalue weighted by atomic mass is 16.5. The summed E-state index contributed by atoms with van der Waals surface area (Å²) in [5.41, 5.74) is -0.385. The molecule has 4 nitrogen and oxygen atoms in total. The lowest BCUT2D eigenvalue weighted by Gasteiger charge is -2.63. The number of carbonyl (C=O) groups excluding carboxylic acids is 1. The fourth-order valence-corrected chi connectivity index (χ4v) is 8.79. The van der Waals surface area contributed by atoms with Crippen LogP contribution in [0.1, 0.15) is 78.1 Å². The van der Waals surface area contributed by atoms with Gasteiger partial charge in [-0.15, -0.1) is 0 Å². The van der Waals surface area contributed by atoms with Crippen molar-refractivity contribution < 1.29 is 19.7 Å². The lowest BCUT2D eigenvalue weighted by atomic mass is 9.43. The molecule has 9 atom stereocenters. The summed E-state index contributed by atoms with van der Waals surface area (Å²) in [6, 6.07) is 0. The van der Waals surface area contributed by atoms with Crippen LogP contribution in [0.3, 0.4) is 0 Å². The van der Waals surface area contributed by atoms with Gasteiger partial charge in [0.2, 0.25) is 0 Å². The Bertz CT molecular complexity index is 634. The Balaban J connectivity index is 1.44. The molecule has 27 heavy (non-hydrogen) atoms. The lowest BCUT2D eigenvalue weighted by Crippen LogP contribution is -2.62. The summed E-state index contributed by atoms with van der Waals surface area (Å²) in [6.07, 6.45) is 9.89. The highest BCUT2D eigenvalue weighted by molar-refractivity contribution is 5.71. The maximum Gasteiger partial charge on any atom is 0.306 e. The van der Waals surface area contributed by atoms with E-state index in [4.69, 9.17) is 4.74 Å². The van der Waals surface area contributed by atoms with E-state index in [-0.39, 0.29) is 22.9 Å². The Morgan fingerprint density at radius 3 is 2.48 bits per heavy atom. The van der Waals surface area contributed by atoms with E-state index in [0.29, 0.717) is 42.6 Å². The van der Waals surface area contributed by atoms with Crippen LogP contribution in [0.25, 0.3) is 0 Å². The topological polar surface area (TPSA) is 66.8 Å². The van der Waals surface area contributed by atoms with Crippen LogP contribution in [-0.4, -0.2) is 34.5 Å². The highest BCUT2D eigenvalue weighted by Gasteiger charge is 2.68. The number of carbonyl (C=O) groups is 1. The van der Waals surface area contributed by atoms with Crippen LogP contribution in [-0.2, 0) is 9.53 Å². The second-order valence-electron chi connectivity index (χ2n) is 11.1. The molecule has 5 aliphatic rings. The van der Waals surface area contributed by atoms with Crippen LogP contribution >= 0.6 is 0 Å². The minimum absolute atomic E-state index is 0.0542. The SMILES string of the molecule is C[C@]12CC[C@H](O)C[C@H]1CC[C@@H]1[C@@H]2CC[C@]2(C)[C@@H]([C@@H]3COC(=O)C3)CC[C@]12O. The van der Waals surface area contributed by atoms with Crippen molar-refractivity contribution in [2.45, 2.75) is 89.8 Å². The molecule has 152 valence electrons. The maximum atomic E-state index is 12.1. The number of hydrogen-bond donors (Lipinski definition) is 2. The molecule has 4 aliphatic carbocycles. The number of rotatable bonds is 1. The van der Waals surface area contributed by atoms with E-state index >= 15 is 0 Å². The van der Waals surface area contributed by atoms with E-state index in [1.54, 1.807) is 0 Å². The number of aliphatic hydroxyl groups excluding tert-OH is 1. The number of ether oxygens (including phenoxy) is 1. The zero-order valence-corrected chi connectivity index (χ0v) is 17.0. The molecule has 0 radical (unpaired) electrons. The first-order valence-corrected chi connectivity index (χ1v) is 11.3. The van der Waals surface area contributed by atoms with Crippen LogP contribution in [0.4, 0.5) is 0 Å². The van der Waals surface area contributed by atoms with Crippen molar-refractivity contribution in [1.82, 2.24) is 0 Å². The molecule has 0 bridgehead atoms. The Kier molecular flexibility index (Phi) is 4.06. The monoisotopic (exact) mass is 376 g/mol. The predicted octanol–water partition coefficient (Wildman–Crippen LogP) is 3.68. The number of cyclic esters (lactones) is 1. The minimum Gasteiger partial charge on any atom is -0.465 e. The molecule has 0 aromatic carbocycles. The van der Waals surface area contributed by atoms with Crippen molar-refractivity contribution in [1.29, 1.82) is 0 Å². The molecule has 0 unspecified atom stereocenters. The minimum atomic E-state index is -0.587. The van der Waals surface area contributed by atoms with Crippen molar-refractivity contribution >= 4 is 5.97 Å². The second kappa shape index (κ2) is 5.95. The Morgan fingerprint density at radius 1 is 0.963 bits per heavy atom. The summed E-state index contributed by atoms with van der Waals surface area (Å²) in [5, 5.41) is 22.3. The van der Waals surface area contributed by atoms with Crippen molar-refractivity contribution in [3.8, 4) is 0 Å². The first-order chi connectivity index (χ1) is 12.8. The molecule has 4 saturated carbocycles. The summed E-state index contributed by atoms with van der Waals surface area (Å²) in [5.74, 6) is 2.24. The summed E-state index contributed by atoms with van der Waals surface area (Å²) in [4.78, 5) is 11.7. The van der Waals surface area contributed by atoms with Gasteiger partial charge in [-0.25, -0.2) is 0 Å². The molecule has 0 aromatic heterocycles. The molecule has 0 amide bonds. The van der Waals surface area contributed by atoms with Gasteiger partial charge in [-0.2, -0.15) is 0 Å². The molecular weight excluding hydrogens is 340 g/mol. The van der Waals surface area contributed by atoms with Gasteiger partial charge >= 0.3 is 5.97 Å². The molecule has 1 aliphatic heterocycles. The van der Waals surface area contributed by atoms with E-state index in [0.717, 1.165) is 51.4 Å². The third-order valence-corrected chi connectivity index (χ3v) is 10.4. The van der Waals surface area contributed by atoms with Gasteiger partial charge in [-0.3, -0.25) is 4.79 Å². The molecule has 5 rings (SSSR count). The van der Waals surface area contributed by atoms with Crippen molar-refractivity contribution in [2.24, 2.45) is 40.4 Å². The van der Waals surface area contributed by atoms with E-state index < -0.39 is 5.60 Å². The lowest BCUT2D eigenvalue weighted by molar-refractivity contribution is -0.213. The first-order valence-electron chi connectivity index (χ1n) is 11.3. The average molecular weight is 377 g/mol. The van der Waals surface area contributed by atoms with Crippen molar-refractivity contribution in [3.63, 3.8) is 0 Å². The largest absolute Gasteiger partial charge is 0.465 e. The van der Waals surface area contributed by atoms with Gasteiger partial charge in [0.15, 0.2) is 0 Å². The van der Waals surface area contributed by atoms with Gasteiger partial charge in [0.05, 0.1) is 24.7 Å². The summed E-state index contributed by atoms with van der Waals surface area (Å²) >= 11 is 0. The Morgan fingerprint density at radius 2 is 1.74 bits per heavy atom. The zero-order chi connectivity index (χ0) is 19.0. The van der Waals surface area contributed by atoms with E-state index in [9.17, 15) is 15.0 Å². The summed E-state index contributed by atoms with van der Waals surface area (Å²) < 4.78 is 5.29. The van der Waals surface area contributed by atoms with Gasteiger partial charge in [0, 0.05) is 5.92 Å². The molecule has 4 heteroatoms. The van der Waals surface area contributed by atoms with Crippen molar-refractivity contribution in [2.75, 3.05) is 6.61 Å². The normalized spacial score (nSPS) is 57.6. The number of esters is 1.